The highest BCUT2D eigenvalue weighted by atomic mass is 16.5. The van der Waals surface area contributed by atoms with Gasteiger partial charge in [-0.05, 0) is 29.3 Å². The van der Waals surface area contributed by atoms with Gasteiger partial charge in [0.05, 0.1) is 13.7 Å². The van der Waals surface area contributed by atoms with Crippen molar-refractivity contribution < 1.29 is 9.84 Å². The Hall–Kier alpha value is -2.26. The first-order valence-corrected chi connectivity index (χ1v) is 6.64. The highest BCUT2D eigenvalue weighted by Gasteiger charge is 2.17. The van der Waals surface area contributed by atoms with Crippen LogP contribution in [0.5, 0.6) is 5.75 Å². The lowest BCUT2D eigenvalue weighted by molar-refractivity contribution is 0.281. The van der Waals surface area contributed by atoms with Crippen molar-refractivity contribution >= 4 is 10.9 Å². The Balaban J connectivity index is 2.12. The van der Waals surface area contributed by atoms with Crippen LogP contribution in [0.1, 0.15) is 17.0 Å². The number of H-pyrrole nitrogens is 1. The number of nitrogens with one attached hydrogen (secondary N) is 1. The lowest BCUT2D eigenvalue weighted by Crippen LogP contribution is -2.05. The quantitative estimate of drug-likeness (QED) is 0.761. The fourth-order valence-electron chi connectivity index (χ4n) is 2.61. The molecular formula is C17H17NO2. The van der Waals surface area contributed by atoms with Crippen LogP contribution in [-0.4, -0.2) is 23.8 Å². The standard InChI is InChI=1S/C17H17NO2/c1-20-13-7-8-17-14(9-13)15(10-18-17)16(11-19)12-5-3-2-4-6-12/h2-10,16,18-19H,11H2,1H3/t16-/m1/s1. The Labute approximate surface area is 117 Å². The smallest absolute Gasteiger partial charge is 0.119 e. The van der Waals surface area contributed by atoms with E-state index in [9.17, 15) is 5.11 Å². The molecule has 0 spiro atoms. The van der Waals surface area contributed by atoms with Crippen molar-refractivity contribution in [3.8, 4) is 5.75 Å². The van der Waals surface area contributed by atoms with Gasteiger partial charge in [0, 0.05) is 23.0 Å². The molecule has 3 heteroatoms. The van der Waals surface area contributed by atoms with Crippen molar-refractivity contribution in [1.29, 1.82) is 0 Å². The topological polar surface area (TPSA) is 45.2 Å². The summed E-state index contributed by atoms with van der Waals surface area (Å²) in [5.74, 6) is 0.792. The molecule has 1 atom stereocenters. The number of aliphatic hydroxyl groups is 1. The molecule has 0 unspecified atom stereocenters. The number of ether oxygens (including phenoxy) is 1. The molecule has 0 fully saturated rings. The molecule has 0 radical (unpaired) electrons. The molecule has 3 nitrogen and oxygen atoms in total. The Kier molecular flexibility index (Phi) is 3.44. The highest BCUT2D eigenvalue weighted by Crippen LogP contribution is 2.32. The normalized spacial score (nSPS) is 12.5. The van der Waals surface area contributed by atoms with Crippen LogP contribution < -0.4 is 4.74 Å². The van der Waals surface area contributed by atoms with Gasteiger partial charge in [-0.3, -0.25) is 0 Å². The summed E-state index contributed by atoms with van der Waals surface area (Å²) in [6.07, 6.45) is 1.97. The molecule has 3 aromatic rings. The first kappa shape index (κ1) is 12.8. The maximum absolute atomic E-state index is 9.79. The van der Waals surface area contributed by atoms with Crippen LogP contribution in [0.25, 0.3) is 10.9 Å². The molecule has 3 rings (SSSR count). The second kappa shape index (κ2) is 5.39. The largest absolute Gasteiger partial charge is 0.497 e. The molecule has 1 aromatic heterocycles. The minimum absolute atomic E-state index is 0.0305. The summed E-state index contributed by atoms with van der Waals surface area (Å²) >= 11 is 0. The molecule has 0 amide bonds. The first-order valence-electron chi connectivity index (χ1n) is 6.64. The Morgan fingerprint density at radius 1 is 1.15 bits per heavy atom. The lowest BCUT2D eigenvalue weighted by atomic mass is 9.92. The van der Waals surface area contributed by atoms with Crippen LogP contribution in [0.2, 0.25) is 0 Å². The number of aromatic nitrogens is 1. The summed E-state index contributed by atoms with van der Waals surface area (Å²) in [7, 11) is 1.66. The van der Waals surface area contributed by atoms with E-state index in [1.807, 2.05) is 54.7 Å². The Morgan fingerprint density at radius 2 is 1.95 bits per heavy atom. The lowest BCUT2D eigenvalue weighted by Gasteiger charge is -2.14. The Bertz CT molecular complexity index is 703. The molecule has 0 saturated carbocycles. The maximum Gasteiger partial charge on any atom is 0.119 e. The van der Waals surface area contributed by atoms with E-state index in [0.29, 0.717) is 0 Å². The summed E-state index contributed by atoms with van der Waals surface area (Å²) in [4.78, 5) is 3.26. The van der Waals surface area contributed by atoms with Gasteiger partial charge in [-0.1, -0.05) is 30.3 Å². The van der Waals surface area contributed by atoms with E-state index in [4.69, 9.17) is 4.74 Å². The molecule has 2 aromatic carbocycles. The van der Waals surface area contributed by atoms with Crippen LogP contribution in [0.3, 0.4) is 0 Å². The number of rotatable bonds is 4. The Morgan fingerprint density at radius 3 is 2.65 bits per heavy atom. The van der Waals surface area contributed by atoms with Crippen LogP contribution in [-0.2, 0) is 0 Å². The van der Waals surface area contributed by atoms with E-state index >= 15 is 0 Å². The highest BCUT2D eigenvalue weighted by molar-refractivity contribution is 5.85. The summed E-state index contributed by atoms with van der Waals surface area (Å²) in [5.41, 5.74) is 3.25. The average molecular weight is 267 g/mol. The third-order valence-electron chi connectivity index (χ3n) is 3.68. The number of hydrogen-bond donors (Lipinski definition) is 2. The molecular weight excluding hydrogens is 250 g/mol. The zero-order valence-electron chi connectivity index (χ0n) is 11.3. The zero-order valence-corrected chi connectivity index (χ0v) is 11.3. The van der Waals surface area contributed by atoms with E-state index in [0.717, 1.165) is 27.8 Å². The van der Waals surface area contributed by atoms with Gasteiger partial charge < -0.3 is 14.8 Å². The fourth-order valence-corrected chi connectivity index (χ4v) is 2.61. The molecule has 0 aliphatic heterocycles. The second-order valence-electron chi connectivity index (χ2n) is 4.80. The van der Waals surface area contributed by atoms with Crippen LogP contribution in [0.15, 0.2) is 54.7 Å². The van der Waals surface area contributed by atoms with Crippen molar-refractivity contribution in [3.63, 3.8) is 0 Å². The van der Waals surface area contributed by atoms with Crippen LogP contribution in [0, 0.1) is 0 Å². The summed E-state index contributed by atoms with van der Waals surface area (Å²) in [6.45, 7) is 0.0776. The van der Waals surface area contributed by atoms with Gasteiger partial charge in [-0.2, -0.15) is 0 Å². The van der Waals surface area contributed by atoms with E-state index in [2.05, 4.69) is 4.98 Å². The SMILES string of the molecule is COc1ccc2[nH]cc([C@H](CO)c3ccccc3)c2c1. The summed E-state index contributed by atoms with van der Waals surface area (Å²) < 4.78 is 5.29. The zero-order chi connectivity index (χ0) is 13.9. The molecule has 0 saturated heterocycles. The van der Waals surface area contributed by atoms with E-state index in [1.54, 1.807) is 7.11 Å². The van der Waals surface area contributed by atoms with Gasteiger partial charge in [0.25, 0.3) is 0 Å². The van der Waals surface area contributed by atoms with E-state index in [1.165, 1.54) is 0 Å². The average Bonchev–Trinajstić information content (AvgIpc) is 2.92. The molecule has 1 heterocycles. The van der Waals surface area contributed by atoms with Crippen molar-refractivity contribution in [1.82, 2.24) is 4.98 Å². The third kappa shape index (κ3) is 2.17. The number of fused-ring (bicyclic) bond motifs is 1. The minimum Gasteiger partial charge on any atom is -0.497 e. The van der Waals surface area contributed by atoms with Crippen LogP contribution >= 0.6 is 0 Å². The number of methoxy groups -OCH3 is 1. The fraction of sp³-hybridized carbons (Fsp3) is 0.176. The third-order valence-corrected chi connectivity index (χ3v) is 3.68. The van der Waals surface area contributed by atoms with E-state index < -0.39 is 0 Å². The van der Waals surface area contributed by atoms with Gasteiger partial charge in [0.15, 0.2) is 0 Å². The predicted octanol–water partition coefficient (Wildman–Crippen LogP) is 3.30. The molecule has 0 aliphatic rings. The van der Waals surface area contributed by atoms with Crippen molar-refractivity contribution in [2.75, 3.05) is 13.7 Å². The van der Waals surface area contributed by atoms with Gasteiger partial charge >= 0.3 is 0 Å². The predicted molar refractivity (Wildman–Crippen MR) is 80.2 cm³/mol. The van der Waals surface area contributed by atoms with Gasteiger partial charge in [0.1, 0.15) is 5.75 Å². The number of aromatic amines is 1. The summed E-state index contributed by atoms with van der Waals surface area (Å²) in [5, 5.41) is 10.9. The maximum atomic E-state index is 9.79. The number of benzene rings is 2. The van der Waals surface area contributed by atoms with Gasteiger partial charge in [-0.25, -0.2) is 0 Å². The minimum atomic E-state index is -0.0305. The second-order valence-corrected chi connectivity index (χ2v) is 4.80. The summed E-state index contributed by atoms with van der Waals surface area (Å²) in [6, 6.07) is 16.0. The first-order chi connectivity index (χ1) is 9.83. The van der Waals surface area contributed by atoms with Gasteiger partial charge in [0.2, 0.25) is 0 Å². The molecule has 0 bridgehead atoms. The number of aliphatic hydroxyl groups excluding tert-OH is 1. The van der Waals surface area contributed by atoms with Crippen LogP contribution in [0.4, 0.5) is 0 Å². The molecule has 0 aliphatic carbocycles. The van der Waals surface area contributed by atoms with Crippen molar-refractivity contribution in [2.24, 2.45) is 0 Å². The molecule has 2 N–H and O–H groups in total. The molecule has 102 valence electrons. The van der Waals surface area contributed by atoms with Crippen molar-refractivity contribution in [3.05, 3.63) is 65.9 Å². The van der Waals surface area contributed by atoms with Gasteiger partial charge in [-0.15, -0.1) is 0 Å². The molecule has 20 heavy (non-hydrogen) atoms. The monoisotopic (exact) mass is 267 g/mol. The number of hydrogen-bond acceptors (Lipinski definition) is 2. The van der Waals surface area contributed by atoms with Crippen molar-refractivity contribution in [2.45, 2.75) is 5.92 Å². The van der Waals surface area contributed by atoms with E-state index in [-0.39, 0.29) is 12.5 Å².